The fourth-order valence-corrected chi connectivity index (χ4v) is 5.58. The van der Waals surface area contributed by atoms with Gasteiger partial charge in [-0.05, 0) is 45.4 Å². The highest BCUT2D eigenvalue weighted by molar-refractivity contribution is 8.14. The molecule has 3 aliphatic rings. The largest absolute Gasteiger partial charge is 0.381 e. The molecule has 1 unspecified atom stereocenters. The fourth-order valence-electron chi connectivity index (χ4n) is 4.36. The summed E-state index contributed by atoms with van der Waals surface area (Å²) >= 11 is 1.54. The number of hydrazone groups is 1. The van der Waals surface area contributed by atoms with Crippen LogP contribution in [0.15, 0.2) is 5.10 Å². The second-order valence-corrected chi connectivity index (χ2v) is 10.4. The standard InChI is InChI=1S/C22H36N4O4S/c1-22(2)14-31-21(26(22)3)25-24-20(29)18(27)17(15-10-12-30-13-11-15)23-19(28)16-8-6-4-5-7-9-16/h15-17H,4-14H2,1-3H3,(H,23,28)(H,24,29)/b25-21-. The van der Waals surface area contributed by atoms with Gasteiger partial charge in [-0.1, -0.05) is 37.4 Å². The maximum atomic E-state index is 13.1. The van der Waals surface area contributed by atoms with E-state index in [1.807, 2.05) is 11.9 Å². The average Bonchev–Trinajstić information content (AvgIpc) is 2.96. The molecule has 9 heteroatoms. The minimum atomic E-state index is -0.828. The molecule has 2 aliphatic heterocycles. The smallest absolute Gasteiger partial charge is 0.309 e. The van der Waals surface area contributed by atoms with Crippen LogP contribution in [0.4, 0.5) is 0 Å². The Morgan fingerprint density at radius 3 is 2.32 bits per heavy atom. The van der Waals surface area contributed by atoms with Crippen molar-refractivity contribution in [3.63, 3.8) is 0 Å². The molecule has 0 spiro atoms. The molecule has 31 heavy (non-hydrogen) atoms. The van der Waals surface area contributed by atoms with Crippen LogP contribution in [0.3, 0.4) is 0 Å². The Kier molecular flexibility index (Phi) is 8.38. The van der Waals surface area contributed by atoms with E-state index < -0.39 is 17.7 Å². The monoisotopic (exact) mass is 452 g/mol. The van der Waals surface area contributed by atoms with Crippen molar-refractivity contribution in [3.8, 4) is 0 Å². The predicted octanol–water partition coefficient (Wildman–Crippen LogP) is 2.28. The lowest BCUT2D eigenvalue weighted by Gasteiger charge is -2.30. The van der Waals surface area contributed by atoms with E-state index in [0.717, 1.165) is 44.3 Å². The van der Waals surface area contributed by atoms with Gasteiger partial charge in [-0.15, -0.1) is 5.10 Å². The SMILES string of the molecule is CN1/C(=N/NC(=O)C(=O)C(NC(=O)C2CCCCCC2)C2CCOCC2)SCC1(C)C. The first-order valence-corrected chi connectivity index (χ1v) is 12.4. The van der Waals surface area contributed by atoms with Crippen molar-refractivity contribution in [2.24, 2.45) is 16.9 Å². The third-order valence-electron chi connectivity index (χ3n) is 6.77. The van der Waals surface area contributed by atoms with Gasteiger partial charge in [0.15, 0.2) is 5.17 Å². The normalized spacial score (nSPS) is 25.1. The lowest BCUT2D eigenvalue weighted by Crippen LogP contribution is -2.53. The number of Topliss-reactive ketones (excluding diaryl/α,β-unsaturated/α-hetero) is 1. The molecular formula is C22H36N4O4S. The zero-order valence-corrected chi connectivity index (χ0v) is 19.8. The van der Waals surface area contributed by atoms with Gasteiger partial charge in [0.05, 0.1) is 0 Å². The number of amidine groups is 1. The first kappa shape index (κ1) is 24.0. The summed E-state index contributed by atoms with van der Waals surface area (Å²) in [5.41, 5.74) is 2.37. The minimum Gasteiger partial charge on any atom is -0.381 e. The van der Waals surface area contributed by atoms with Gasteiger partial charge >= 0.3 is 5.91 Å². The third kappa shape index (κ3) is 6.22. The number of ether oxygens (including phenoxy) is 1. The number of hydrogen-bond acceptors (Lipinski definition) is 6. The topological polar surface area (TPSA) is 100 Å². The third-order valence-corrected chi connectivity index (χ3v) is 8.24. The molecule has 174 valence electrons. The summed E-state index contributed by atoms with van der Waals surface area (Å²) in [4.78, 5) is 40.7. The number of carbonyl (C=O) groups excluding carboxylic acids is 3. The number of rotatable bonds is 6. The van der Waals surface area contributed by atoms with Crippen molar-refractivity contribution < 1.29 is 19.1 Å². The van der Waals surface area contributed by atoms with Crippen LogP contribution in [-0.4, -0.2) is 65.3 Å². The molecule has 1 saturated carbocycles. The van der Waals surface area contributed by atoms with Crippen LogP contribution in [0, 0.1) is 11.8 Å². The van der Waals surface area contributed by atoms with Gasteiger partial charge in [0.1, 0.15) is 6.04 Å². The molecule has 2 N–H and O–H groups in total. The van der Waals surface area contributed by atoms with Gasteiger partial charge in [0, 0.05) is 37.5 Å². The highest BCUT2D eigenvalue weighted by atomic mass is 32.2. The second-order valence-electron chi connectivity index (χ2n) is 9.48. The van der Waals surface area contributed by atoms with Gasteiger partial charge in [0.25, 0.3) is 0 Å². The quantitative estimate of drug-likeness (QED) is 0.364. The van der Waals surface area contributed by atoms with Crippen LogP contribution in [0.1, 0.15) is 65.2 Å². The van der Waals surface area contributed by atoms with E-state index in [9.17, 15) is 14.4 Å². The Morgan fingerprint density at radius 1 is 1.10 bits per heavy atom. The molecule has 0 bridgehead atoms. The van der Waals surface area contributed by atoms with Crippen LogP contribution in [0.25, 0.3) is 0 Å². The highest BCUT2D eigenvalue weighted by Gasteiger charge is 2.37. The molecule has 0 aromatic rings. The van der Waals surface area contributed by atoms with E-state index in [1.54, 1.807) is 11.8 Å². The van der Waals surface area contributed by atoms with Gasteiger partial charge < -0.3 is 15.0 Å². The van der Waals surface area contributed by atoms with Crippen molar-refractivity contribution in [2.75, 3.05) is 26.0 Å². The van der Waals surface area contributed by atoms with E-state index in [4.69, 9.17) is 4.74 Å². The van der Waals surface area contributed by atoms with E-state index in [0.29, 0.717) is 31.2 Å². The molecule has 0 aromatic carbocycles. The average molecular weight is 453 g/mol. The Bertz CT molecular complexity index is 698. The van der Waals surface area contributed by atoms with Crippen LogP contribution < -0.4 is 10.7 Å². The van der Waals surface area contributed by atoms with Crippen molar-refractivity contribution in [1.82, 2.24) is 15.6 Å². The number of thioether (sulfide) groups is 1. The summed E-state index contributed by atoms with van der Waals surface area (Å²) in [7, 11) is 1.92. The van der Waals surface area contributed by atoms with Crippen LogP contribution in [0.2, 0.25) is 0 Å². The van der Waals surface area contributed by atoms with Gasteiger partial charge in [0.2, 0.25) is 11.7 Å². The second kappa shape index (κ2) is 10.8. The van der Waals surface area contributed by atoms with E-state index in [2.05, 4.69) is 29.7 Å². The van der Waals surface area contributed by atoms with Crippen LogP contribution in [0.5, 0.6) is 0 Å². The zero-order valence-electron chi connectivity index (χ0n) is 18.9. The molecule has 2 heterocycles. The Balaban J connectivity index is 1.66. The molecule has 2 saturated heterocycles. The summed E-state index contributed by atoms with van der Waals surface area (Å²) < 4.78 is 5.42. The molecule has 0 aromatic heterocycles. The first-order chi connectivity index (χ1) is 14.8. The summed E-state index contributed by atoms with van der Waals surface area (Å²) in [6.45, 7) is 5.27. The van der Waals surface area contributed by atoms with Gasteiger partial charge in [-0.25, -0.2) is 5.43 Å². The maximum absolute atomic E-state index is 13.1. The zero-order chi connectivity index (χ0) is 22.4. The number of carbonyl (C=O) groups is 3. The van der Waals surface area contributed by atoms with Crippen LogP contribution >= 0.6 is 11.8 Å². The van der Waals surface area contributed by atoms with E-state index >= 15 is 0 Å². The fraction of sp³-hybridized carbons (Fsp3) is 0.818. The molecule has 3 fully saturated rings. The highest BCUT2D eigenvalue weighted by Crippen LogP contribution is 2.30. The molecule has 8 nitrogen and oxygen atoms in total. The Labute approximate surface area is 189 Å². The number of hydrogen-bond donors (Lipinski definition) is 2. The summed E-state index contributed by atoms with van der Waals surface area (Å²) in [5.74, 6) is -0.817. The van der Waals surface area contributed by atoms with Gasteiger partial charge in [-0.2, -0.15) is 0 Å². The lowest BCUT2D eigenvalue weighted by atomic mass is 9.87. The maximum Gasteiger partial charge on any atom is 0.309 e. The molecule has 0 radical (unpaired) electrons. The Hall–Kier alpha value is -1.61. The summed E-state index contributed by atoms with van der Waals surface area (Å²) in [6, 6.07) is -0.828. The van der Waals surface area contributed by atoms with Crippen LogP contribution in [-0.2, 0) is 19.1 Å². The van der Waals surface area contributed by atoms with Crippen molar-refractivity contribution in [1.29, 1.82) is 0 Å². The molecular weight excluding hydrogens is 416 g/mol. The predicted molar refractivity (Wildman–Crippen MR) is 122 cm³/mol. The van der Waals surface area contributed by atoms with Crippen molar-refractivity contribution >= 4 is 34.5 Å². The lowest BCUT2D eigenvalue weighted by molar-refractivity contribution is -0.142. The van der Waals surface area contributed by atoms with Crippen molar-refractivity contribution in [3.05, 3.63) is 0 Å². The Morgan fingerprint density at radius 2 is 1.74 bits per heavy atom. The number of amides is 2. The number of nitrogens with zero attached hydrogens (tertiary/aromatic N) is 2. The summed E-state index contributed by atoms with van der Waals surface area (Å²) in [6.07, 6.45) is 7.36. The molecule has 1 atom stereocenters. The van der Waals surface area contributed by atoms with E-state index in [1.165, 1.54) is 0 Å². The number of nitrogens with one attached hydrogen (secondary N) is 2. The first-order valence-electron chi connectivity index (χ1n) is 11.5. The molecule has 3 rings (SSSR count). The minimum absolute atomic E-state index is 0.0600. The van der Waals surface area contributed by atoms with Gasteiger partial charge in [-0.3, -0.25) is 14.4 Å². The molecule has 1 aliphatic carbocycles. The summed E-state index contributed by atoms with van der Waals surface area (Å²) in [5, 5.41) is 7.80. The number of ketones is 1. The van der Waals surface area contributed by atoms with E-state index in [-0.39, 0.29) is 23.3 Å². The van der Waals surface area contributed by atoms with Crippen molar-refractivity contribution in [2.45, 2.75) is 76.8 Å². The molecule has 2 amide bonds.